The Balaban J connectivity index is 3.47. The molecule has 0 aliphatic rings. The zero-order valence-corrected chi connectivity index (χ0v) is 13.8. The van der Waals surface area contributed by atoms with E-state index in [1.807, 2.05) is 0 Å². The maximum atomic E-state index is 10.3. The molecule has 0 aromatic rings. The molecule has 0 fully saturated rings. The van der Waals surface area contributed by atoms with Crippen molar-refractivity contribution in [3.63, 3.8) is 0 Å². The topological polar surface area (TPSA) is 37.3 Å². The van der Waals surface area contributed by atoms with Gasteiger partial charge in [-0.1, -0.05) is 67.7 Å². The van der Waals surface area contributed by atoms with E-state index in [-0.39, 0.29) is 6.42 Å². The Kier molecular flexibility index (Phi) is 15.8. The van der Waals surface area contributed by atoms with Crippen LogP contribution in [0.5, 0.6) is 0 Å². The third kappa shape index (κ3) is 18.2. The van der Waals surface area contributed by atoms with Gasteiger partial charge in [0, 0.05) is 6.42 Å². The highest BCUT2D eigenvalue weighted by Gasteiger charge is 1.92. The molecule has 0 rings (SSSR count). The van der Waals surface area contributed by atoms with Crippen LogP contribution in [0.4, 0.5) is 0 Å². The number of carboxylic acid groups (broad SMARTS) is 1. The molecule has 0 atom stereocenters. The van der Waals surface area contributed by atoms with E-state index in [2.05, 4.69) is 67.7 Å². The van der Waals surface area contributed by atoms with Gasteiger partial charge in [-0.15, -0.1) is 0 Å². The average molecular weight is 302 g/mol. The van der Waals surface area contributed by atoms with Crippen LogP contribution in [-0.4, -0.2) is 11.1 Å². The molecule has 0 aromatic carbocycles. The van der Waals surface area contributed by atoms with Gasteiger partial charge in [0.05, 0.1) is 0 Å². The van der Waals surface area contributed by atoms with E-state index < -0.39 is 5.97 Å². The van der Waals surface area contributed by atoms with E-state index in [1.165, 1.54) is 0 Å². The number of hydrogen-bond donors (Lipinski definition) is 1. The van der Waals surface area contributed by atoms with E-state index in [0.29, 0.717) is 0 Å². The van der Waals surface area contributed by atoms with Crippen LogP contribution in [0, 0.1) is 0 Å². The Labute approximate surface area is 135 Å². The number of carboxylic acids is 1. The Morgan fingerprint density at radius 3 is 1.77 bits per heavy atom. The third-order valence-corrected chi connectivity index (χ3v) is 2.94. The molecule has 0 unspecified atom stereocenters. The Bertz CT molecular complexity index is 398. The van der Waals surface area contributed by atoms with E-state index in [1.54, 1.807) is 0 Å². The zero-order chi connectivity index (χ0) is 16.3. The highest BCUT2D eigenvalue weighted by atomic mass is 16.4. The number of carbonyl (C=O) groups is 1. The zero-order valence-electron chi connectivity index (χ0n) is 13.8. The van der Waals surface area contributed by atoms with Crippen molar-refractivity contribution in [3.8, 4) is 0 Å². The second-order valence-corrected chi connectivity index (χ2v) is 5.03. The summed E-state index contributed by atoms with van der Waals surface area (Å²) in [6.07, 6.45) is 28.4. The molecule has 0 aliphatic carbocycles. The van der Waals surface area contributed by atoms with Crippen LogP contribution in [0.3, 0.4) is 0 Å². The molecule has 2 heteroatoms. The molecule has 0 saturated carbocycles. The van der Waals surface area contributed by atoms with Crippen LogP contribution in [0.2, 0.25) is 0 Å². The Morgan fingerprint density at radius 1 is 0.727 bits per heavy atom. The normalized spacial score (nSPS) is 12.8. The highest BCUT2D eigenvalue weighted by molar-refractivity contribution is 5.66. The van der Waals surface area contributed by atoms with Crippen LogP contribution < -0.4 is 0 Å². The van der Waals surface area contributed by atoms with Gasteiger partial charge in [0.1, 0.15) is 0 Å². The first-order valence-corrected chi connectivity index (χ1v) is 8.27. The summed E-state index contributed by atoms with van der Waals surface area (Å²) in [6.45, 7) is 2.15. The van der Waals surface area contributed by atoms with Crippen molar-refractivity contribution in [2.45, 2.75) is 58.3 Å². The smallest absolute Gasteiger partial charge is 0.303 e. The van der Waals surface area contributed by atoms with Crippen molar-refractivity contribution in [1.29, 1.82) is 0 Å². The third-order valence-electron chi connectivity index (χ3n) is 2.94. The molecular weight excluding hydrogens is 272 g/mol. The SMILES string of the molecule is CC/C=C/CC/C=C/C=C\C=C\CC/C=C\CCCC(=O)O. The van der Waals surface area contributed by atoms with Gasteiger partial charge < -0.3 is 5.11 Å². The van der Waals surface area contributed by atoms with Crippen molar-refractivity contribution in [2.24, 2.45) is 0 Å². The van der Waals surface area contributed by atoms with Gasteiger partial charge in [0.2, 0.25) is 0 Å². The number of rotatable bonds is 13. The lowest BCUT2D eigenvalue weighted by atomic mass is 10.2. The predicted octanol–water partition coefficient (Wildman–Crippen LogP) is 5.99. The van der Waals surface area contributed by atoms with Gasteiger partial charge in [-0.3, -0.25) is 4.79 Å². The number of hydrogen-bond acceptors (Lipinski definition) is 1. The van der Waals surface area contributed by atoms with Crippen LogP contribution in [0.1, 0.15) is 58.3 Å². The van der Waals surface area contributed by atoms with Gasteiger partial charge >= 0.3 is 5.97 Å². The van der Waals surface area contributed by atoms with Gasteiger partial charge in [0.15, 0.2) is 0 Å². The molecule has 1 N–H and O–H groups in total. The lowest BCUT2D eigenvalue weighted by Crippen LogP contribution is -1.92. The van der Waals surface area contributed by atoms with Crippen LogP contribution >= 0.6 is 0 Å². The first-order chi connectivity index (χ1) is 10.8. The average Bonchev–Trinajstić information content (AvgIpc) is 2.50. The maximum Gasteiger partial charge on any atom is 0.303 e. The summed E-state index contributed by atoms with van der Waals surface area (Å²) < 4.78 is 0. The molecule has 2 nitrogen and oxygen atoms in total. The fraction of sp³-hybridized carbons (Fsp3) is 0.450. The van der Waals surface area contributed by atoms with Crippen LogP contribution in [0.25, 0.3) is 0 Å². The minimum absolute atomic E-state index is 0.261. The largest absolute Gasteiger partial charge is 0.481 e. The monoisotopic (exact) mass is 302 g/mol. The minimum Gasteiger partial charge on any atom is -0.481 e. The molecule has 0 radical (unpaired) electrons. The molecule has 22 heavy (non-hydrogen) atoms. The summed E-state index contributed by atoms with van der Waals surface area (Å²) in [7, 11) is 0. The summed E-state index contributed by atoms with van der Waals surface area (Å²) in [5.41, 5.74) is 0. The van der Waals surface area contributed by atoms with E-state index >= 15 is 0 Å². The quantitative estimate of drug-likeness (QED) is 0.258. The second kappa shape index (κ2) is 17.2. The lowest BCUT2D eigenvalue weighted by molar-refractivity contribution is -0.137. The maximum absolute atomic E-state index is 10.3. The van der Waals surface area contributed by atoms with Crippen molar-refractivity contribution in [3.05, 3.63) is 60.8 Å². The molecule has 0 aliphatic heterocycles. The Hall–Kier alpha value is -1.83. The van der Waals surface area contributed by atoms with E-state index in [0.717, 1.165) is 44.9 Å². The first-order valence-electron chi connectivity index (χ1n) is 8.27. The standard InChI is InChI=1S/C20H30O2/c1-2-3-4-5-6-7-8-9-10-11-12-13-14-15-16-17-18-19-20(21)22/h3-4,7-12,15-16H,2,5-6,13-14,17-19H2,1H3,(H,21,22)/b4-3+,8-7+,10-9-,12-11+,16-15-. The number of aliphatic carboxylic acids is 1. The Morgan fingerprint density at radius 2 is 1.23 bits per heavy atom. The van der Waals surface area contributed by atoms with Gasteiger partial charge in [0.25, 0.3) is 0 Å². The predicted molar refractivity (Wildman–Crippen MR) is 95.9 cm³/mol. The van der Waals surface area contributed by atoms with Crippen molar-refractivity contribution < 1.29 is 9.90 Å². The van der Waals surface area contributed by atoms with E-state index in [4.69, 9.17) is 5.11 Å². The summed E-state index contributed by atoms with van der Waals surface area (Å²) in [5.74, 6) is -0.713. The molecule has 0 spiro atoms. The molecule has 122 valence electrons. The summed E-state index contributed by atoms with van der Waals surface area (Å²) in [5, 5.41) is 8.49. The van der Waals surface area contributed by atoms with Crippen molar-refractivity contribution >= 4 is 5.97 Å². The summed E-state index contributed by atoms with van der Waals surface area (Å²) in [4.78, 5) is 10.3. The highest BCUT2D eigenvalue weighted by Crippen LogP contribution is 2.00. The lowest BCUT2D eigenvalue weighted by Gasteiger charge is -1.90. The van der Waals surface area contributed by atoms with Gasteiger partial charge in [-0.05, 0) is 44.9 Å². The minimum atomic E-state index is -0.713. The molecule has 0 bridgehead atoms. The second-order valence-electron chi connectivity index (χ2n) is 5.03. The molecule has 0 amide bonds. The van der Waals surface area contributed by atoms with Gasteiger partial charge in [-0.2, -0.15) is 0 Å². The molecule has 0 heterocycles. The summed E-state index contributed by atoms with van der Waals surface area (Å²) in [6, 6.07) is 0. The fourth-order valence-corrected chi connectivity index (χ4v) is 1.75. The van der Waals surface area contributed by atoms with Gasteiger partial charge in [-0.25, -0.2) is 0 Å². The number of unbranched alkanes of at least 4 members (excludes halogenated alkanes) is 3. The molecule has 0 saturated heterocycles. The van der Waals surface area contributed by atoms with Crippen LogP contribution in [0.15, 0.2) is 60.8 Å². The van der Waals surface area contributed by atoms with E-state index in [9.17, 15) is 4.79 Å². The van der Waals surface area contributed by atoms with Crippen molar-refractivity contribution in [2.75, 3.05) is 0 Å². The molecule has 0 aromatic heterocycles. The fourth-order valence-electron chi connectivity index (χ4n) is 1.75. The summed E-state index contributed by atoms with van der Waals surface area (Å²) >= 11 is 0. The number of allylic oxidation sites excluding steroid dienone is 10. The molecular formula is C20H30O2. The van der Waals surface area contributed by atoms with Crippen molar-refractivity contribution in [1.82, 2.24) is 0 Å². The van der Waals surface area contributed by atoms with Crippen LogP contribution in [-0.2, 0) is 4.79 Å². The first kappa shape index (κ1) is 20.2.